The van der Waals surface area contributed by atoms with Gasteiger partial charge in [-0.3, -0.25) is 4.79 Å². The fraction of sp³-hybridized carbons (Fsp3) is 0.579. The van der Waals surface area contributed by atoms with Crippen molar-refractivity contribution in [1.29, 1.82) is 0 Å². The Hall–Kier alpha value is -2.22. The Kier molecular flexibility index (Phi) is 4.03. The van der Waals surface area contributed by atoms with Crippen LogP contribution in [0.15, 0.2) is 11.1 Å². The molecule has 2 aliphatic rings. The maximum absolute atomic E-state index is 12.8. The summed E-state index contributed by atoms with van der Waals surface area (Å²) in [4.78, 5) is 34.3. The highest BCUT2D eigenvalue weighted by atomic mass is 32.1. The molecule has 1 aliphatic carbocycles. The number of rotatable bonds is 2. The molecular formula is C19H23N5O2S. The highest BCUT2D eigenvalue weighted by molar-refractivity contribution is 7.19. The molecule has 142 valence electrons. The first-order valence-corrected chi connectivity index (χ1v) is 10.6. The molecule has 8 heteroatoms. The van der Waals surface area contributed by atoms with Crippen LogP contribution in [-0.4, -0.2) is 42.6 Å². The van der Waals surface area contributed by atoms with Gasteiger partial charge < -0.3 is 4.90 Å². The van der Waals surface area contributed by atoms with Gasteiger partial charge in [0, 0.05) is 17.5 Å². The Bertz CT molecular complexity index is 1100. The van der Waals surface area contributed by atoms with Crippen LogP contribution in [0.5, 0.6) is 0 Å². The molecule has 1 atom stereocenters. The Morgan fingerprint density at radius 2 is 2.11 bits per heavy atom. The Morgan fingerprint density at radius 3 is 2.96 bits per heavy atom. The molecule has 27 heavy (non-hydrogen) atoms. The predicted molar refractivity (Wildman–Crippen MR) is 104 cm³/mol. The number of carbonyl (C=O) groups excluding carboxylic acids is 1. The van der Waals surface area contributed by atoms with Crippen molar-refractivity contribution in [3.05, 3.63) is 27.3 Å². The Morgan fingerprint density at radius 1 is 1.26 bits per heavy atom. The maximum atomic E-state index is 12.8. The Balaban J connectivity index is 1.56. The molecule has 0 spiro atoms. The van der Waals surface area contributed by atoms with Crippen molar-refractivity contribution in [2.75, 3.05) is 6.54 Å². The van der Waals surface area contributed by atoms with Crippen molar-refractivity contribution in [2.45, 2.75) is 64.5 Å². The van der Waals surface area contributed by atoms with Crippen LogP contribution in [-0.2, 0) is 24.2 Å². The molecule has 3 aromatic heterocycles. The number of hydrogen-bond donors (Lipinski definition) is 0. The number of hydrogen-bond acceptors (Lipinski definition) is 5. The van der Waals surface area contributed by atoms with Crippen LogP contribution in [0.3, 0.4) is 0 Å². The molecule has 0 aromatic carbocycles. The van der Waals surface area contributed by atoms with Gasteiger partial charge in [-0.2, -0.15) is 0 Å². The van der Waals surface area contributed by atoms with Gasteiger partial charge in [-0.15, -0.1) is 16.4 Å². The standard InChI is InChI=1S/C19H23N5O2S/c1-12-6-4-5-9-22(12)15(25)10-24-19(26)23-11-20-18-16(17(23)21-24)13-7-2-3-8-14(13)27-18/h11-12H,2-10H2,1H3. The third-order valence-corrected chi connectivity index (χ3v) is 7.15. The smallest absolute Gasteiger partial charge is 0.338 e. The van der Waals surface area contributed by atoms with E-state index >= 15 is 0 Å². The molecule has 1 unspecified atom stereocenters. The van der Waals surface area contributed by atoms with E-state index < -0.39 is 0 Å². The van der Waals surface area contributed by atoms with Gasteiger partial charge in [-0.05, 0) is 57.4 Å². The minimum atomic E-state index is -0.284. The van der Waals surface area contributed by atoms with Gasteiger partial charge in [0.15, 0.2) is 5.65 Å². The van der Waals surface area contributed by atoms with Crippen LogP contribution in [0.2, 0.25) is 0 Å². The van der Waals surface area contributed by atoms with Crippen molar-refractivity contribution < 1.29 is 4.79 Å². The van der Waals surface area contributed by atoms with Crippen LogP contribution in [0, 0.1) is 0 Å². The first kappa shape index (κ1) is 16.9. The van der Waals surface area contributed by atoms with Crippen molar-refractivity contribution in [1.82, 2.24) is 24.1 Å². The van der Waals surface area contributed by atoms with Gasteiger partial charge in [0.25, 0.3) is 0 Å². The summed E-state index contributed by atoms with van der Waals surface area (Å²) in [6, 6.07) is 0.233. The van der Waals surface area contributed by atoms with E-state index in [1.807, 2.05) is 4.90 Å². The minimum absolute atomic E-state index is 0.00132. The minimum Gasteiger partial charge on any atom is -0.338 e. The molecular weight excluding hydrogens is 362 g/mol. The van der Waals surface area contributed by atoms with Gasteiger partial charge in [0.05, 0.1) is 5.39 Å². The molecule has 5 rings (SSSR count). The third-order valence-electron chi connectivity index (χ3n) is 5.95. The summed E-state index contributed by atoms with van der Waals surface area (Å²) in [6.07, 6.45) is 9.24. The predicted octanol–water partition coefficient (Wildman–Crippen LogP) is 2.39. The molecule has 0 saturated carbocycles. The molecule has 7 nitrogen and oxygen atoms in total. The average molecular weight is 385 g/mol. The van der Waals surface area contributed by atoms with Crippen molar-refractivity contribution >= 4 is 33.1 Å². The average Bonchev–Trinajstić information content (AvgIpc) is 3.20. The van der Waals surface area contributed by atoms with Crippen LogP contribution in [0.25, 0.3) is 15.9 Å². The molecule has 0 N–H and O–H groups in total. The van der Waals surface area contributed by atoms with Gasteiger partial charge in [-0.25, -0.2) is 18.9 Å². The molecule has 1 amide bonds. The highest BCUT2D eigenvalue weighted by Crippen LogP contribution is 2.36. The molecule has 1 fully saturated rings. The summed E-state index contributed by atoms with van der Waals surface area (Å²) in [6.45, 7) is 2.85. The van der Waals surface area contributed by atoms with Crippen LogP contribution in [0.1, 0.15) is 49.5 Å². The second-order valence-electron chi connectivity index (χ2n) is 7.70. The monoisotopic (exact) mass is 385 g/mol. The van der Waals surface area contributed by atoms with Crippen LogP contribution in [0.4, 0.5) is 0 Å². The lowest BCUT2D eigenvalue weighted by Gasteiger charge is -2.33. The number of piperidine rings is 1. The van der Waals surface area contributed by atoms with Gasteiger partial charge in [-0.1, -0.05) is 0 Å². The van der Waals surface area contributed by atoms with Crippen LogP contribution >= 0.6 is 11.3 Å². The largest absolute Gasteiger partial charge is 0.352 e. The first-order chi connectivity index (χ1) is 13.1. The SMILES string of the molecule is CC1CCCCN1C(=O)Cn1nc2c3c4c(sc3ncn2c1=O)CCCC4. The summed E-state index contributed by atoms with van der Waals surface area (Å²) in [5, 5.41) is 5.57. The highest BCUT2D eigenvalue weighted by Gasteiger charge is 2.26. The zero-order chi connectivity index (χ0) is 18.5. The zero-order valence-corrected chi connectivity index (χ0v) is 16.3. The van der Waals surface area contributed by atoms with Crippen molar-refractivity contribution in [2.24, 2.45) is 0 Å². The zero-order valence-electron chi connectivity index (χ0n) is 15.5. The molecule has 0 bridgehead atoms. The quantitative estimate of drug-likeness (QED) is 0.679. The summed E-state index contributed by atoms with van der Waals surface area (Å²) in [7, 11) is 0. The van der Waals surface area contributed by atoms with E-state index in [1.165, 1.54) is 25.9 Å². The number of carbonyl (C=O) groups is 1. The lowest BCUT2D eigenvalue weighted by Crippen LogP contribution is -2.44. The number of aryl methyl sites for hydroxylation is 2. The molecule has 0 radical (unpaired) electrons. The van der Waals surface area contributed by atoms with E-state index in [0.717, 1.165) is 55.3 Å². The van der Waals surface area contributed by atoms with Gasteiger partial charge in [0.1, 0.15) is 17.7 Å². The number of amides is 1. The summed E-state index contributed by atoms with van der Waals surface area (Å²) in [5.74, 6) is -0.0238. The number of likely N-dealkylation sites (tertiary alicyclic amines) is 1. The Labute approximate surface area is 160 Å². The summed E-state index contributed by atoms with van der Waals surface area (Å²) in [5.41, 5.74) is 1.66. The molecule has 3 aromatic rings. The number of nitrogens with zero attached hydrogens (tertiary/aromatic N) is 5. The maximum Gasteiger partial charge on any atom is 0.352 e. The first-order valence-electron chi connectivity index (χ1n) is 9.81. The molecule has 4 heterocycles. The number of thiophene rings is 1. The second kappa shape index (κ2) is 6.44. The molecule has 1 saturated heterocycles. The normalized spacial score (nSPS) is 20.3. The lowest BCUT2D eigenvalue weighted by molar-refractivity contribution is -0.135. The topological polar surface area (TPSA) is 72.5 Å². The van der Waals surface area contributed by atoms with Crippen LogP contribution < -0.4 is 5.69 Å². The van der Waals surface area contributed by atoms with E-state index in [-0.39, 0.29) is 24.2 Å². The third kappa shape index (κ3) is 2.69. The summed E-state index contributed by atoms with van der Waals surface area (Å²) < 4.78 is 2.81. The lowest BCUT2D eigenvalue weighted by atomic mass is 9.97. The fourth-order valence-corrected chi connectivity index (χ4v) is 5.69. The number of fused-ring (bicyclic) bond motifs is 5. The van der Waals surface area contributed by atoms with Gasteiger partial charge in [0.2, 0.25) is 5.91 Å². The van der Waals surface area contributed by atoms with E-state index in [0.29, 0.717) is 5.65 Å². The molecule has 1 aliphatic heterocycles. The second-order valence-corrected chi connectivity index (χ2v) is 8.79. The van der Waals surface area contributed by atoms with Crippen molar-refractivity contribution in [3.63, 3.8) is 0 Å². The van der Waals surface area contributed by atoms with E-state index in [4.69, 9.17) is 0 Å². The van der Waals surface area contributed by atoms with Gasteiger partial charge >= 0.3 is 5.69 Å². The fourth-order valence-electron chi connectivity index (χ4n) is 4.47. The van der Waals surface area contributed by atoms with Crippen molar-refractivity contribution in [3.8, 4) is 0 Å². The number of aromatic nitrogens is 4. The van der Waals surface area contributed by atoms with E-state index in [2.05, 4.69) is 17.0 Å². The van der Waals surface area contributed by atoms with E-state index in [1.54, 1.807) is 17.7 Å². The summed E-state index contributed by atoms with van der Waals surface area (Å²) >= 11 is 1.72. The van der Waals surface area contributed by atoms with E-state index in [9.17, 15) is 9.59 Å².